The number of aliphatic hydroxyl groups excluding tert-OH is 1. The van der Waals surface area contributed by atoms with Crippen molar-refractivity contribution >= 4 is 18.5 Å². The van der Waals surface area contributed by atoms with Gasteiger partial charge < -0.3 is 28.4 Å². The highest BCUT2D eigenvalue weighted by molar-refractivity contribution is 8.07. The van der Waals surface area contributed by atoms with E-state index in [-0.39, 0.29) is 22.3 Å². The van der Waals surface area contributed by atoms with Crippen LogP contribution in [0.15, 0.2) is 64.3 Å². The number of aromatic amines is 1. The fourth-order valence-electron chi connectivity index (χ4n) is 3.82. The van der Waals surface area contributed by atoms with E-state index < -0.39 is 60.7 Å². The Balaban J connectivity index is 1.69. The summed E-state index contributed by atoms with van der Waals surface area (Å²) in [6.07, 6.45) is -10.1. The summed E-state index contributed by atoms with van der Waals surface area (Å²) in [5, 5.41) is 10.4. The van der Waals surface area contributed by atoms with Crippen molar-refractivity contribution in [3.63, 3.8) is 0 Å². The smallest absolute Gasteiger partial charge is 0.435 e. The molecule has 1 aliphatic rings. The zero-order valence-corrected chi connectivity index (χ0v) is 23.3. The maximum Gasteiger partial charge on any atom is 0.435 e. The van der Waals surface area contributed by atoms with E-state index in [1.54, 1.807) is 0 Å². The predicted molar refractivity (Wildman–Crippen MR) is 139 cm³/mol. The van der Waals surface area contributed by atoms with Crippen LogP contribution >= 0.6 is 6.72 Å². The Morgan fingerprint density at radius 1 is 1.00 bits per heavy atom. The third-order valence-electron chi connectivity index (χ3n) is 6.04. The zero-order chi connectivity index (χ0) is 30.9. The van der Waals surface area contributed by atoms with Gasteiger partial charge >= 0.3 is 18.3 Å². The maximum absolute atomic E-state index is 15.2. The molecule has 228 valence electrons. The molecule has 0 amide bonds. The molecule has 1 aliphatic heterocycles. The van der Waals surface area contributed by atoms with Gasteiger partial charge in [0.05, 0.1) is 27.0 Å². The number of hydrogen-bond acceptors (Lipinski definition) is 10. The van der Waals surface area contributed by atoms with E-state index in [1.165, 1.54) is 67.7 Å². The number of benzene rings is 2. The third kappa shape index (κ3) is 6.15. The van der Waals surface area contributed by atoms with Crippen LogP contribution in [-0.4, -0.2) is 59.5 Å². The Morgan fingerprint density at radius 2 is 1.48 bits per heavy atom. The van der Waals surface area contributed by atoms with Crippen molar-refractivity contribution in [2.24, 2.45) is 0 Å². The summed E-state index contributed by atoms with van der Waals surface area (Å²) >= 11 is 5.40. The van der Waals surface area contributed by atoms with E-state index in [2.05, 4.69) is 0 Å². The molecule has 1 fully saturated rings. The fourth-order valence-corrected chi connectivity index (χ4v) is 5.76. The molecule has 2 heterocycles. The third-order valence-corrected chi connectivity index (χ3v) is 8.11. The first kappa shape index (κ1) is 31.4. The topological polar surface area (TPSA) is 130 Å². The molecular formula is C24H22F5N2O9PS. The number of halogens is 5. The van der Waals surface area contributed by atoms with Crippen LogP contribution in [0.25, 0.3) is 0 Å². The van der Waals surface area contributed by atoms with Crippen molar-refractivity contribution in [3.8, 4) is 23.0 Å². The van der Waals surface area contributed by atoms with Crippen LogP contribution in [0.4, 0.5) is 22.0 Å². The molecule has 0 saturated carbocycles. The van der Waals surface area contributed by atoms with Crippen molar-refractivity contribution in [1.82, 2.24) is 9.55 Å². The highest BCUT2D eigenvalue weighted by Gasteiger charge is 2.71. The zero-order valence-electron chi connectivity index (χ0n) is 21.5. The number of methoxy groups -OCH3 is 2. The minimum atomic E-state index is -4.62. The normalized spacial score (nSPS) is 21.7. The van der Waals surface area contributed by atoms with Gasteiger partial charge in [0, 0.05) is 11.8 Å². The molecule has 3 aromatic rings. The quantitative estimate of drug-likeness (QED) is 0.237. The van der Waals surface area contributed by atoms with E-state index >= 15 is 8.78 Å². The largest absolute Gasteiger partial charge is 0.497 e. The standard InChI is InChI=1S/C24H22F5N2O9PS/c1-35-13-3-7-15(8-4-13)39-41(42,40-16-9-5-14(36-2)6-10-16)37-12-23(20(26)27)19(33)24(28,29)21(38-23)31-11-17(25)18(32)30-22(31)34/h3-11,19-21,33H,12H2,1-2H3,(H,30,32,34). The average Bonchev–Trinajstić information content (AvgIpc) is 3.16. The van der Waals surface area contributed by atoms with Crippen LogP contribution in [0.1, 0.15) is 6.23 Å². The summed E-state index contributed by atoms with van der Waals surface area (Å²) in [5.41, 5.74) is -6.69. The lowest BCUT2D eigenvalue weighted by atomic mass is 9.96. The summed E-state index contributed by atoms with van der Waals surface area (Å²) in [4.78, 5) is 24.9. The number of aliphatic hydroxyl groups is 1. The number of nitrogens with one attached hydrogen (secondary N) is 1. The fraction of sp³-hybridized carbons (Fsp3) is 0.333. The predicted octanol–water partition coefficient (Wildman–Crippen LogP) is 3.62. The van der Waals surface area contributed by atoms with Crippen LogP contribution in [0.2, 0.25) is 0 Å². The summed E-state index contributed by atoms with van der Waals surface area (Å²) in [6, 6.07) is 11.4. The number of ether oxygens (including phenoxy) is 3. The minimum Gasteiger partial charge on any atom is -0.497 e. The van der Waals surface area contributed by atoms with Gasteiger partial charge in [0.15, 0.2) is 11.7 Å². The van der Waals surface area contributed by atoms with Crippen LogP contribution in [0, 0.1) is 5.82 Å². The number of rotatable bonds is 11. The Bertz CT molecular complexity index is 1520. The first-order valence-electron chi connectivity index (χ1n) is 11.7. The highest BCUT2D eigenvalue weighted by Crippen LogP contribution is 2.55. The average molecular weight is 640 g/mol. The summed E-state index contributed by atoms with van der Waals surface area (Å²) < 4.78 is 105. The second kappa shape index (κ2) is 12.0. The lowest BCUT2D eigenvalue weighted by Crippen LogP contribution is -2.54. The number of hydrogen-bond donors (Lipinski definition) is 2. The number of H-pyrrole nitrogens is 1. The second-order valence-corrected chi connectivity index (χ2v) is 11.6. The van der Waals surface area contributed by atoms with Crippen LogP contribution in [-0.2, 0) is 21.1 Å². The van der Waals surface area contributed by atoms with E-state index in [0.717, 1.165) is 0 Å². The van der Waals surface area contributed by atoms with Crippen LogP contribution in [0.5, 0.6) is 23.0 Å². The second-order valence-electron chi connectivity index (χ2n) is 8.70. The molecule has 11 nitrogen and oxygen atoms in total. The van der Waals surface area contributed by atoms with E-state index in [9.17, 15) is 27.9 Å². The lowest BCUT2D eigenvalue weighted by molar-refractivity contribution is -0.192. The van der Waals surface area contributed by atoms with Gasteiger partial charge in [-0.3, -0.25) is 18.9 Å². The molecular weight excluding hydrogens is 618 g/mol. The van der Waals surface area contributed by atoms with Crippen molar-refractivity contribution in [2.75, 3.05) is 20.8 Å². The molecule has 4 rings (SSSR count). The molecule has 0 aliphatic carbocycles. The molecule has 18 heteroatoms. The van der Waals surface area contributed by atoms with Crippen LogP contribution < -0.4 is 29.8 Å². The van der Waals surface area contributed by atoms with Gasteiger partial charge in [0.2, 0.25) is 12.0 Å². The van der Waals surface area contributed by atoms with E-state index in [4.69, 9.17) is 39.6 Å². The van der Waals surface area contributed by atoms with Crippen molar-refractivity contribution in [2.45, 2.75) is 30.3 Å². The summed E-state index contributed by atoms with van der Waals surface area (Å²) in [5.74, 6) is -5.42. The molecule has 3 atom stereocenters. The molecule has 2 aromatic carbocycles. The number of aromatic nitrogens is 2. The van der Waals surface area contributed by atoms with Gasteiger partial charge in [0.25, 0.3) is 12.0 Å². The Morgan fingerprint density at radius 3 is 1.93 bits per heavy atom. The minimum absolute atomic E-state index is 0.0186. The first-order chi connectivity index (χ1) is 19.7. The van der Waals surface area contributed by atoms with Gasteiger partial charge in [-0.2, -0.15) is 13.2 Å². The Kier molecular flexibility index (Phi) is 8.99. The Hall–Kier alpha value is -3.50. The summed E-state index contributed by atoms with van der Waals surface area (Å²) in [6.45, 7) is -5.76. The van der Waals surface area contributed by atoms with Gasteiger partial charge in [-0.15, -0.1) is 0 Å². The number of nitrogens with zero attached hydrogens (tertiary/aromatic N) is 1. The van der Waals surface area contributed by atoms with Gasteiger partial charge in [-0.1, -0.05) is 0 Å². The lowest BCUT2D eigenvalue weighted by Gasteiger charge is -2.32. The molecule has 2 N–H and O–H groups in total. The van der Waals surface area contributed by atoms with Gasteiger partial charge in [0.1, 0.15) is 23.0 Å². The first-order valence-corrected chi connectivity index (χ1v) is 14.2. The van der Waals surface area contributed by atoms with Crippen molar-refractivity contribution < 1.29 is 54.8 Å². The molecule has 0 bridgehead atoms. The highest BCUT2D eigenvalue weighted by atomic mass is 32.5. The number of alkyl halides is 4. The Labute approximate surface area is 238 Å². The van der Waals surface area contributed by atoms with Gasteiger partial charge in [-0.25, -0.2) is 13.6 Å². The van der Waals surface area contributed by atoms with Crippen LogP contribution in [0.3, 0.4) is 0 Å². The van der Waals surface area contributed by atoms with Crippen molar-refractivity contribution in [3.05, 3.63) is 81.4 Å². The molecule has 0 spiro atoms. The monoisotopic (exact) mass is 640 g/mol. The van der Waals surface area contributed by atoms with Crippen molar-refractivity contribution in [1.29, 1.82) is 0 Å². The molecule has 0 radical (unpaired) electrons. The summed E-state index contributed by atoms with van der Waals surface area (Å²) in [7, 11) is 2.82. The molecule has 1 saturated heterocycles. The molecule has 42 heavy (non-hydrogen) atoms. The molecule has 3 unspecified atom stereocenters. The maximum atomic E-state index is 15.2. The van der Waals surface area contributed by atoms with E-state index in [0.29, 0.717) is 11.5 Å². The van der Waals surface area contributed by atoms with Gasteiger partial charge in [-0.05, 0) is 48.5 Å². The van der Waals surface area contributed by atoms with E-state index in [1.807, 2.05) is 0 Å². The SMILES string of the molecule is COc1ccc(OP(=S)(OCC2(C(F)F)OC(n3cc(F)c(=O)[nH]c3=O)C(F)(F)C2O)Oc2ccc(OC)cc2)cc1. The molecule has 1 aromatic heterocycles.